The second kappa shape index (κ2) is 5.47. The second-order valence-corrected chi connectivity index (χ2v) is 4.17. The van der Waals surface area contributed by atoms with E-state index in [0.717, 1.165) is 4.90 Å². The van der Waals surface area contributed by atoms with E-state index in [4.69, 9.17) is 0 Å². The molecule has 84 valence electrons. The van der Waals surface area contributed by atoms with Gasteiger partial charge in [-0.05, 0) is 25.4 Å². The van der Waals surface area contributed by atoms with Crippen LogP contribution in [0.15, 0.2) is 29.2 Å². The smallest absolute Gasteiger partial charge is 0.274 e. The molecule has 0 spiro atoms. The van der Waals surface area contributed by atoms with Crippen LogP contribution in [0.3, 0.4) is 0 Å². The van der Waals surface area contributed by atoms with Crippen molar-refractivity contribution in [2.24, 2.45) is 0 Å². The first-order valence-electron chi connectivity index (χ1n) is 4.77. The van der Waals surface area contributed by atoms with E-state index >= 15 is 0 Å². The minimum Gasteiger partial charge on any atom is -0.320 e. The van der Waals surface area contributed by atoms with Crippen molar-refractivity contribution in [3.8, 4) is 0 Å². The van der Waals surface area contributed by atoms with Gasteiger partial charge in [-0.2, -0.15) is 0 Å². The molecule has 0 aliphatic heterocycles. The molecule has 0 radical (unpaired) electrons. The van der Waals surface area contributed by atoms with Gasteiger partial charge in [0.1, 0.15) is 0 Å². The van der Waals surface area contributed by atoms with Crippen molar-refractivity contribution in [3.05, 3.63) is 29.8 Å². The quantitative estimate of drug-likeness (QED) is 0.781. The molecule has 4 heteroatoms. The van der Waals surface area contributed by atoms with Crippen molar-refractivity contribution in [2.45, 2.75) is 17.2 Å². The van der Waals surface area contributed by atoms with Crippen LogP contribution in [0, 0.1) is 0 Å². The van der Waals surface area contributed by atoms with Gasteiger partial charge in [-0.15, -0.1) is 11.8 Å². The molecule has 0 saturated carbocycles. The van der Waals surface area contributed by atoms with Gasteiger partial charge in [0.05, 0.1) is 0 Å². The fourth-order valence-corrected chi connectivity index (χ4v) is 1.67. The molecule has 1 N–H and O–H groups in total. The van der Waals surface area contributed by atoms with Gasteiger partial charge in [0.2, 0.25) is 0 Å². The minimum atomic E-state index is -2.74. The number of hydrogen-bond acceptors (Lipinski definition) is 2. The molecule has 15 heavy (non-hydrogen) atoms. The summed E-state index contributed by atoms with van der Waals surface area (Å²) in [4.78, 5) is 1.00. The third-order valence-electron chi connectivity index (χ3n) is 2.20. The highest BCUT2D eigenvalue weighted by Crippen LogP contribution is 2.32. The third kappa shape index (κ3) is 3.47. The topological polar surface area (TPSA) is 12.0 Å². The van der Waals surface area contributed by atoms with Gasteiger partial charge in [0.25, 0.3) is 5.92 Å². The maximum atomic E-state index is 13.5. The highest BCUT2D eigenvalue weighted by Gasteiger charge is 2.30. The Morgan fingerprint density at radius 1 is 1.27 bits per heavy atom. The molecule has 0 amide bonds. The van der Waals surface area contributed by atoms with E-state index in [1.807, 2.05) is 6.26 Å². The molecular formula is C11H15F2NS. The molecule has 1 rings (SSSR count). The third-order valence-corrected chi connectivity index (χ3v) is 2.94. The summed E-state index contributed by atoms with van der Waals surface area (Å²) in [5, 5.41) is 2.73. The van der Waals surface area contributed by atoms with Crippen LogP contribution < -0.4 is 5.32 Å². The lowest BCUT2D eigenvalue weighted by Gasteiger charge is -2.16. The highest BCUT2D eigenvalue weighted by atomic mass is 32.2. The summed E-state index contributed by atoms with van der Waals surface area (Å²) in [6.45, 7) is 0.317. The van der Waals surface area contributed by atoms with Gasteiger partial charge in [0, 0.05) is 23.4 Å². The minimum absolute atomic E-state index is 0.0931. The molecule has 0 aliphatic rings. The Morgan fingerprint density at radius 2 is 1.87 bits per heavy atom. The predicted molar refractivity (Wildman–Crippen MR) is 60.7 cm³/mol. The summed E-state index contributed by atoms with van der Waals surface area (Å²) >= 11 is 1.55. The molecule has 0 saturated heterocycles. The van der Waals surface area contributed by atoms with E-state index in [9.17, 15) is 8.78 Å². The number of benzene rings is 1. The van der Waals surface area contributed by atoms with Gasteiger partial charge in [-0.25, -0.2) is 8.78 Å². The SMILES string of the molecule is CNCCC(F)(F)c1ccc(SC)cc1. The molecule has 0 aromatic heterocycles. The molecule has 1 aromatic carbocycles. The number of nitrogens with one attached hydrogen (secondary N) is 1. The van der Waals surface area contributed by atoms with Gasteiger partial charge in [-0.3, -0.25) is 0 Å². The molecule has 0 aliphatic carbocycles. The van der Waals surface area contributed by atoms with Crippen LogP contribution in [-0.4, -0.2) is 19.8 Å². The van der Waals surface area contributed by atoms with Gasteiger partial charge in [0.15, 0.2) is 0 Å². The highest BCUT2D eigenvalue weighted by molar-refractivity contribution is 7.98. The van der Waals surface area contributed by atoms with Crippen molar-refractivity contribution in [1.29, 1.82) is 0 Å². The lowest BCUT2D eigenvalue weighted by atomic mass is 10.1. The summed E-state index contributed by atoms with van der Waals surface area (Å²) < 4.78 is 27.1. The van der Waals surface area contributed by atoms with E-state index in [1.165, 1.54) is 12.1 Å². The predicted octanol–water partition coefficient (Wildman–Crippen LogP) is 3.11. The maximum absolute atomic E-state index is 13.5. The maximum Gasteiger partial charge on any atom is 0.274 e. The average molecular weight is 231 g/mol. The van der Waals surface area contributed by atoms with Crippen LogP contribution in [0.25, 0.3) is 0 Å². The van der Waals surface area contributed by atoms with Crippen LogP contribution >= 0.6 is 11.8 Å². The monoisotopic (exact) mass is 231 g/mol. The van der Waals surface area contributed by atoms with E-state index in [2.05, 4.69) is 5.32 Å². The Bertz CT molecular complexity index is 298. The lowest BCUT2D eigenvalue weighted by Crippen LogP contribution is -2.20. The molecular weight excluding hydrogens is 216 g/mol. The van der Waals surface area contributed by atoms with Gasteiger partial charge >= 0.3 is 0 Å². The Labute approximate surface area is 93.3 Å². The van der Waals surface area contributed by atoms with Crippen LogP contribution in [0.4, 0.5) is 8.78 Å². The number of halogens is 2. The zero-order chi connectivity index (χ0) is 11.3. The molecule has 1 nitrogen and oxygen atoms in total. The zero-order valence-corrected chi connectivity index (χ0v) is 9.70. The van der Waals surface area contributed by atoms with Gasteiger partial charge in [-0.1, -0.05) is 12.1 Å². The second-order valence-electron chi connectivity index (χ2n) is 3.29. The summed E-state index contributed by atoms with van der Waals surface area (Å²) in [6.07, 6.45) is 1.76. The van der Waals surface area contributed by atoms with E-state index in [0.29, 0.717) is 6.54 Å². The van der Waals surface area contributed by atoms with Gasteiger partial charge < -0.3 is 5.32 Å². The van der Waals surface area contributed by atoms with Crippen molar-refractivity contribution in [3.63, 3.8) is 0 Å². The molecule has 0 fully saturated rings. The normalized spacial score (nSPS) is 11.7. The average Bonchev–Trinajstić information content (AvgIpc) is 2.26. The van der Waals surface area contributed by atoms with E-state index < -0.39 is 5.92 Å². The van der Waals surface area contributed by atoms with Crippen LogP contribution in [0.2, 0.25) is 0 Å². The van der Waals surface area contributed by atoms with Crippen LogP contribution in [0.1, 0.15) is 12.0 Å². The van der Waals surface area contributed by atoms with Crippen molar-refractivity contribution < 1.29 is 8.78 Å². The molecule has 0 heterocycles. The first kappa shape index (κ1) is 12.5. The number of thioether (sulfide) groups is 1. The largest absolute Gasteiger partial charge is 0.320 e. The summed E-state index contributed by atoms with van der Waals surface area (Å²) in [6, 6.07) is 6.46. The first-order chi connectivity index (χ1) is 7.10. The summed E-state index contributed by atoms with van der Waals surface area (Å²) in [5.74, 6) is -2.74. The standard InChI is InChI=1S/C11H15F2NS/c1-14-8-7-11(12,13)9-3-5-10(15-2)6-4-9/h3-6,14H,7-8H2,1-2H3. The fraction of sp³-hybridized carbons (Fsp3) is 0.455. The van der Waals surface area contributed by atoms with E-state index in [1.54, 1.807) is 30.9 Å². The number of rotatable bonds is 5. The van der Waals surface area contributed by atoms with E-state index in [-0.39, 0.29) is 12.0 Å². The fourth-order valence-electron chi connectivity index (χ4n) is 1.26. The Kier molecular flexibility index (Phi) is 4.54. The number of alkyl halides is 2. The lowest BCUT2D eigenvalue weighted by molar-refractivity contribution is -0.0124. The Balaban J connectivity index is 2.75. The van der Waals surface area contributed by atoms with Crippen molar-refractivity contribution >= 4 is 11.8 Å². The Morgan fingerprint density at radius 3 is 2.33 bits per heavy atom. The van der Waals surface area contributed by atoms with Crippen molar-refractivity contribution in [1.82, 2.24) is 5.32 Å². The molecule has 0 bridgehead atoms. The summed E-state index contributed by atoms with van der Waals surface area (Å²) in [7, 11) is 1.67. The zero-order valence-electron chi connectivity index (χ0n) is 8.89. The summed E-state index contributed by atoms with van der Waals surface area (Å²) in [5.41, 5.74) is 0.0931. The number of hydrogen-bond donors (Lipinski definition) is 1. The van der Waals surface area contributed by atoms with Crippen molar-refractivity contribution in [2.75, 3.05) is 19.8 Å². The van der Waals surface area contributed by atoms with Crippen LogP contribution in [-0.2, 0) is 5.92 Å². The molecule has 0 atom stereocenters. The first-order valence-corrected chi connectivity index (χ1v) is 5.99. The Hall–Kier alpha value is -0.610. The molecule has 0 unspecified atom stereocenters. The van der Waals surface area contributed by atoms with Crippen LogP contribution in [0.5, 0.6) is 0 Å². The molecule has 1 aromatic rings.